The third-order valence-corrected chi connectivity index (χ3v) is 5.62. The van der Waals surface area contributed by atoms with Gasteiger partial charge in [-0.25, -0.2) is 13.1 Å². The van der Waals surface area contributed by atoms with Gasteiger partial charge in [0.15, 0.2) is 9.84 Å². The third kappa shape index (κ3) is 3.03. The van der Waals surface area contributed by atoms with Gasteiger partial charge >= 0.3 is 0 Å². The molecule has 1 aliphatic heterocycles. The van der Waals surface area contributed by atoms with Crippen molar-refractivity contribution >= 4 is 21.6 Å². The second-order valence-corrected chi connectivity index (χ2v) is 8.35. The van der Waals surface area contributed by atoms with Crippen LogP contribution in [0.4, 0.5) is 5.82 Å². The lowest BCUT2D eigenvalue weighted by Gasteiger charge is -2.23. The minimum absolute atomic E-state index is 0.101. The molecule has 0 bridgehead atoms. The van der Waals surface area contributed by atoms with Crippen molar-refractivity contribution in [3.63, 3.8) is 0 Å². The van der Waals surface area contributed by atoms with E-state index >= 15 is 0 Å². The lowest BCUT2D eigenvalue weighted by atomic mass is 9.87. The molecule has 1 N–H and O–H groups in total. The summed E-state index contributed by atoms with van der Waals surface area (Å²) in [6.07, 6.45) is 4.80. The molecule has 0 saturated carbocycles. The molecule has 7 nitrogen and oxygen atoms in total. The van der Waals surface area contributed by atoms with E-state index in [0.29, 0.717) is 12.4 Å². The number of rotatable bonds is 4. The molecule has 1 atom stereocenters. The van der Waals surface area contributed by atoms with Crippen molar-refractivity contribution < 1.29 is 17.6 Å². The molecule has 1 aliphatic rings. The van der Waals surface area contributed by atoms with Crippen LogP contribution in [0.3, 0.4) is 0 Å². The van der Waals surface area contributed by atoms with E-state index < -0.39 is 9.84 Å². The highest BCUT2D eigenvalue weighted by Gasteiger charge is 2.30. The fourth-order valence-corrected chi connectivity index (χ4v) is 3.82. The maximum absolute atomic E-state index is 12.2. The van der Waals surface area contributed by atoms with Gasteiger partial charge in [0.05, 0.1) is 17.4 Å². The van der Waals surface area contributed by atoms with Gasteiger partial charge in [-0.15, -0.1) is 0 Å². The van der Waals surface area contributed by atoms with E-state index in [0.717, 1.165) is 16.9 Å². The highest BCUT2D eigenvalue weighted by molar-refractivity contribution is 7.90. The fraction of sp³-hybridized carbons (Fsp3) is 0.222. The van der Waals surface area contributed by atoms with E-state index in [1.165, 1.54) is 6.26 Å². The Morgan fingerprint density at radius 2 is 2.04 bits per heavy atom. The molecule has 3 aromatic rings. The Kier molecular flexibility index (Phi) is 3.91. The second-order valence-electron chi connectivity index (χ2n) is 6.33. The lowest BCUT2D eigenvalue weighted by Crippen LogP contribution is -2.25. The van der Waals surface area contributed by atoms with Crippen LogP contribution in [0.15, 0.2) is 58.2 Å². The number of anilines is 1. The van der Waals surface area contributed by atoms with Crippen LogP contribution in [-0.2, 0) is 21.2 Å². The molecule has 3 heterocycles. The number of nitrogens with one attached hydrogen (secondary N) is 1. The number of sulfone groups is 1. The van der Waals surface area contributed by atoms with Gasteiger partial charge in [-0.2, -0.15) is 5.10 Å². The zero-order chi connectivity index (χ0) is 18.3. The van der Waals surface area contributed by atoms with Gasteiger partial charge in [-0.3, -0.25) is 4.79 Å². The number of carbonyl (C=O) groups is 1. The summed E-state index contributed by atoms with van der Waals surface area (Å²) >= 11 is 0. The molecule has 8 heteroatoms. The number of benzene rings is 1. The van der Waals surface area contributed by atoms with Crippen molar-refractivity contribution in [2.45, 2.75) is 23.8 Å². The first-order valence-corrected chi connectivity index (χ1v) is 9.99. The number of aromatic nitrogens is 2. The number of hydrogen-bond acceptors (Lipinski definition) is 5. The summed E-state index contributed by atoms with van der Waals surface area (Å²) in [5.41, 5.74) is 1.79. The minimum Gasteiger partial charge on any atom is -0.467 e. The number of amides is 1. The molecule has 0 spiro atoms. The number of nitrogens with zero attached hydrogens (tertiary/aromatic N) is 2. The van der Waals surface area contributed by atoms with Crippen LogP contribution in [0.1, 0.15) is 29.2 Å². The number of hydrogen-bond donors (Lipinski definition) is 1. The van der Waals surface area contributed by atoms with Crippen LogP contribution in [0.2, 0.25) is 0 Å². The predicted molar refractivity (Wildman–Crippen MR) is 94.7 cm³/mol. The first kappa shape index (κ1) is 16.6. The molecule has 0 saturated heterocycles. The Balaban J connectivity index is 1.69. The average molecular weight is 371 g/mol. The van der Waals surface area contributed by atoms with Crippen molar-refractivity contribution in [3.05, 3.63) is 65.7 Å². The van der Waals surface area contributed by atoms with E-state index in [1.807, 2.05) is 6.07 Å². The number of carbonyl (C=O) groups excluding carboxylic acids is 1. The normalized spacial score (nSPS) is 17.0. The number of furan rings is 1. The summed E-state index contributed by atoms with van der Waals surface area (Å²) in [5.74, 6) is 1.12. The standard InChI is InChI=1S/C18H17N3O4S/c1-26(23,24)14-6-4-12(5-7-14)15-9-17(22)20-18-16(15)10-19-21(18)11-13-3-2-8-25-13/h2-8,10,15H,9,11H2,1H3,(H,20,22). The summed E-state index contributed by atoms with van der Waals surface area (Å²) < 4.78 is 30.3. The van der Waals surface area contributed by atoms with Crippen LogP contribution < -0.4 is 5.32 Å². The quantitative estimate of drug-likeness (QED) is 0.760. The van der Waals surface area contributed by atoms with Crippen LogP contribution >= 0.6 is 0 Å². The molecule has 2 aromatic heterocycles. The lowest BCUT2D eigenvalue weighted by molar-refractivity contribution is -0.116. The first-order valence-electron chi connectivity index (χ1n) is 8.10. The van der Waals surface area contributed by atoms with Gasteiger partial charge in [-0.1, -0.05) is 12.1 Å². The largest absolute Gasteiger partial charge is 0.467 e. The average Bonchev–Trinajstić information content (AvgIpc) is 3.24. The summed E-state index contributed by atoms with van der Waals surface area (Å²) in [5, 5.41) is 7.27. The molecule has 0 radical (unpaired) electrons. The van der Waals surface area contributed by atoms with Crippen molar-refractivity contribution in [2.75, 3.05) is 11.6 Å². The Hall–Kier alpha value is -2.87. The van der Waals surface area contributed by atoms with Gasteiger partial charge in [0.1, 0.15) is 18.1 Å². The molecule has 4 rings (SSSR count). The smallest absolute Gasteiger partial charge is 0.226 e. The molecule has 26 heavy (non-hydrogen) atoms. The Morgan fingerprint density at radius 1 is 1.27 bits per heavy atom. The zero-order valence-corrected chi connectivity index (χ0v) is 14.9. The maximum Gasteiger partial charge on any atom is 0.226 e. The van der Waals surface area contributed by atoms with Crippen LogP contribution in [0.25, 0.3) is 0 Å². The van der Waals surface area contributed by atoms with Crippen molar-refractivity contribution in [1.29, 1.82) is 0 Å². The van der Waals surface area contributed by atoms with E-state index in [9.17, 15) is 13.2 Å². The Morgan fingerprint density at radius 3 is 2.69 bits per heavy atom. The van der Waals surface area contributed by atoms with Gasteiger partial charge in [0.25, 0.3) is 0 Å². The molecule has 134 valence electrons. The highest BCUT2D eigenvalue weighted by Crippen LogP contribution is 2.37. The zero-order valence-electron chi connectivity index (χ0n) is 14.0. The first-order chi connectivity index (χ1) is 12.4. The minimum atomic E-state index is -3.25. The second kappa shape index (κ2) is 6.14. The monoisotopic (exact) mass is 371 g/mol. The fourth-order valence-electron chi connectivity index (χ4n) is 3.18. The molecule has 1 aromatic carbocycles. The molecular formula is C18H17N3O4S. The van der Waals surface area contributed by atoms with E-state index in [4.69, 9.17) is 4.42 Å². The summed E-state index contributed by atoms with van der Waals surface area (Å²) in [7, 11) is -3.25. The Bertz CT molecular complexity index is 1050. The molecular weight excluding hydrogens is 354 g/mol. The predicted octanol–water partition coefficient (Wildman–Crippen LogP) is 2.40. The van der Waals surface area contributed by atoms with Crippen LogP contribution in [0.5, 0.6) is 0 Å². The molecule has 0 aliphatic carbocycles. The number of fused-ring (bicyclic) bond motifs is 1. The topological polar surface area (TPSA) is 94.2 Å². The molecule has 1 unspecified atom stereocenters. The SMILES string of the molecule is CS(=O)(=O)c1ccc(C2CC(=O)Nc3c2cnn3Cc2ccco2)cc1. The van der Waals surface area contributed by atoms with Crippen molar-refractivity contribution in [3.8, 4) is 0 Å². The van der Waals surface area contributed by atoms with E-state index in [1.54, 1.807) is 47.5 Å². The summed E-state index contributed by atoms with van der Waals surface area (Å²) in [4.78, 5) is 12.5. The molecule has 0 fully saturated rings. The highest BCUT2D eigenvalue weighted by atomic mass is 32.2. The van der Waals surface area contributed by atoms with Gasteiger partial charge in [-0.05, 0) is 29.8 Å². The van der Waals surface area contributed by atoms with Crippen molar-refractivity contribution in [1.82, 2.24) is 9.78 Å². The maximum atomic E-state index is 12.2. The van der Waals surface area contributed by atoms with Crippen LogP contribution in [-0.4, -0.2) is 30.4 Å². The van der Waals surface area contributed by atoms with E-state index in [-0.39, 0.29) is 23.1 Å². The van der Waals surface area contributed by atoms with E-state index in [2.05, 4.69) is 10.4 Å². The van der Waals surface area contributed by atoms with Crippen LogP contribution in [0, 0.1) is 0 Å². The van der Waals surface area contributed by atoms with Gasteiger partial charge in [0, 0.05) is 24.2 Å². The van der Waals surface area contributed by atoms with Gasteiger partial charge < -0.3 is 9.73 Å². The Labute approximate surface area is 150 Å². The van der Waals surface area contributed by atoms with Gasteiger partial charge in [0.2, 0.25) is 5.91 Å². The third-order valence-electron chi connectivity index (χ3n) is 4.49. The molecule has 1 amide bonds. The summed E-state index contributed by atoms with van der Waals surface area (Å²) in [6.45, 7) is 0.419. The van der Waals surface area contributed by atoms with Crippen molar-refractivity contribution in [2.24, 2.45) is 0 Å². The summed E-state index contributed by atoms with van der Waals surface area (Å²) in [6, 6.07) is 10.3.